The molecule has 0 aliphatic carbocycles. The van der Waals surface area contributed by atoms with Crippen molar-refractivity contribution in [2.24, 2.45) is 17.8 Å². The van der Waals surface area contributed by atoms with Crippen molar-refractivity contribution in [2.75, 3.05) is 0 Å². The van der Waals surface area contributed by atoms with Crippen LogP contribution in [0, 0.1) is 17.8 Å². The topological polar surface area (TPSA) is 0 Å². The molecule has 15 heavy (non-hydrogen) atoms. The zero-order valence-electron chi connectivity index (χ0n) is 11.0. The Morgan fingerprint density at radius 1 is 1.07 bits per heavy atom. The van der Waals surface area contributed by atoms with Crippen molar-refractivity contribution in [3.05, 3.63) is 23.6 Å². The van der Waals surface area contributed by atoms with Gasteiger partial charge in [-0.05, 0) is 35.8 Å². The molecule has 0 saturated carbocycles. The molecule has 0 bridgehead atoms. The molecule has 0 aliphatic heterocycles. The third kappa shape index (κ3) is 6.48. The lowest BCUT2D eigenvalue weighted by Gasteiger charge is -2.11. The largest absolute Gasteiger partial charge is 0.207 e. The molecule has 0 aromatic rings. The Balaban J connectivity index is 4.74. The van der Waals surface area contributed by atoms with Crippen molar-refractivity contribution in [3.8, 4) is 0 Å². The van der Waals surface area contributed by atoms with E-state index in [0.29, 0.717) is 5.92 Å². The third-order valence-electron chi connectivity index (χ3n) is 2.19. The molecule has 0 saturated heterocycles. The lowest BCUT2D eigenvalue weighted by atomic mass is 9.97. The van der Waals surface area contributed by atoms with Crippen molar-refractivity contribution in [2.45, 2.75) is 48.0 Å². The molecule has 1 heteroatoms. The molecule has 0 nitrogen and oxygen atoms in total. The highest BCUT2D eigenvalue weighted by Gasteiger charge is 2.09. The highest BCUT2D eigenvalue weighted by atomic mass is 19.1. The molecule has 0 atom stereocenters. The van der Waals surface area contributed by atoms with E-state index >= 15 is 0 Å². The first-order valence-corrected chi connectivity index (χ1v) is 5.92. The zero-order chi connectivity index (χ0) is 12.0. The molecule has 0 radical (unpaired) electrons. The predicted molar refractivity (Wildman–Crippen MR) is 66.4 cm³/mol. The van der Waals surface area contributed by atoms with E-state index in [-0.39, 0.29) is 17.7 Å². The molecule has 0 aromatic carbocycles. The van der Waals surface area contributed by atoms with Gasteiger partial charge in [-0.2, -0.15) is 0 Å². The molecular formula is C14H25F. The van der Waals surface area contributed by atoms with E-state index in [4.69, 9.17) is 0 Å². The maximum atomic E-state index is 13.8. The molecular weight excluding hydrogens is 187 g/mol. The van der Waals surface area contributed by atoms with E-state index < -0.39 is 0 Å². The number of hydrogen-bond donors (Lipinski definition) is 0. The Hall–Kier alpha value is -0.590. The Kier molecular flexibility index (Phi) is 6.55. The van der Waals surface area contributed by atoms with Gasteiger partial charge in [0.05, 0.1) is 0 Å². The van der Waals surface area contributed by atoms with Gasteiger partial charge in [-0.1, -0.05) is 47.6 Å². The zero-order valence-corrected chi connectivity index (χ0v) is 11.0. The minimum atomic E-state index is -0.0411. The lowest BCUT2D eigenvalue weighted by Crippen LogP contribution is -1.98. The van der Waals surface area contributed by atoms with Crippen LogP contribution in [0.15, 0.2) is 23.6 Å². The number of allylic oxidation sites excluding steroid dienone is 4. The highest BCUT2D eigenvalue weighted by molar-refractivity contribution is 5.27. The first-order valence-electron chi connectivity index (χ1n) is 5.92. The van der Waals surface area contributed by atoms with Crippen molar-refractivity contribution in [1.82, 2.24) is 0 Å². The van der Waals surface area contributed by atoms with Gasteiger partial charge in [-0.15, -0.1) is 0 Å². The average molecular weight is 212 g/mol. The molecule has 0 unspecified atom stereocenters. The molecule has 0 amide bonds. The van der Waals surface area contributed by atoms with Crippen molar-refractivity contribution >= 4 is 0 Å². The fourth-order valence-corrected chi connectivity index (χ4v) is 1.36. The van der Waals surface area contributed by atoms with Crippen LogP contribution in [-0.2, 0) is 0 Å². The maximum absolute atomic E-state index is 13.8. The van der Waals surface area contributed by atoms with E-state index in [2.05, 4.69) is 13.8 Å². The summed E-state index contributed by atoms with van der Waals surface area (Å²) in [4.78, 5) is 0. The van der Waals surface area contributed by atoms with Crippen molar-refractivity contribution < 1.29 is 4.39 Å². The van der Waals surface area contributed by atoms with Gasteiger partial charge >= 0.3 is 0 Å². The maximum Gasteiger partial charge on any atom is 0.122 e. The van der Waals surface area contributed by atoms with Crippen LogP contribution in [0.3, 0.4) is 0 Å². The smallest absolute Gasteiger partial charge is 0.122 e. The molecule has 0 N–H and O–H groups in total. The molecule has 88 valence electrons. The minimum absolute atomic E-state index is 0.0411. The van der Waals surface area contributed by atoms with E-state index in [9.17, 15) is 4.39 Å². The summed E-state index contributed by atoms with van der Waals surface area (Å²) in [5, 5.41) is 0. The molecule has 0 fully saturated rings. The van der Waals surface area contributed by atoms with Gasteiger partial charge < -0.3 is 0 Å². The summed E-state index contributed by atoms with van der Waals surface area (Å²) in [6.07, 6.45) is 4.70. The van der Waals surface area contributed by atoms with Crippen LogP contribution in [0.25, 0.3) is 0 Å². The summed E-state index contributed by atoms with van der Waals surface area (Å²) in [5.41, 5.74) is 0.859. The van der Waals surface area contributed by atoms with Gasteiger partial charge in [-0.25, -0.2) is 4.39 Å². The SMILES string of the molecule is CC(C)/C=C(F)\C(=C/CC(C)C)C(C)C. The first kappa shape index (κ1) is 14.4. The summed E-state index contributed by atoms with van der Waals surface area (Å²) in [6.45, 7) is 12.4. The summed E-state index contributed by atoms with van der Waals surface area (Å²) in [7, 11) is 0. The van der Waals surface area contributed by atoms with E-state index in [1.807, 2.05) is 33.8 Å². The molecule has 0 aliphatic rings. The monoisotopic (exact) mass is 212 g/mol. The molecule has 0 heterocycles. The highest BCUT2D eigenvalue weighted by Crippen LogP contribution is 2.23. The Morgan fingerprint density at radius 2 is 1.60 bits per heavy atom. The standard InChI is InChI=1S/C14H25F/c1-10(2)7-8-13(12(5)6)14(15)9-11(3)4/h8-12H,7H2,1-6H3/b13-8-,14-9+. The van der Waals surface area contributed by atoms with Gasteiger partial charge in [0.2, 0.25) is 0 Å². The third-order valence-corrected chi connectivity index (χ3v) is 2.19. The molecule has 0 rings (SSSR count). The van der Waals surface area contributed by atoms with Crippen molar-refractivity contribution in [3.63, 3.8) is 0 Å². The summed E-state index contributed by atoms with van der Waals surface area (Å²) in [5.74, 6) is 1.08. The number of halogens is 1. The van der Waals surface area contributed by atoms with Gasteiger partial charge in [0.15, 0.2) is 0 Å². The van der Waals surface area contributed by atoms with Crippen LogP contribution in [0.4, 0.5) is 4.39 Å². The van der Waals surface area contributed by atoms with E-state index in [1.165, 1.54) is 0 Å². The second kappa shape index (κ2) is 6.81. The Labute approximate surface area is 94.3 Å². The van der Waals surface area contributed by atoms with Gasteiger partial charge in [0, 0.05) is 0 Å². The lowest BCUT2D eigenvalue weighted by molar-refractivity contribution is 0.583. The molecule has 0 spiro atoms. The number of hydrogen-bond acceptors (Lipinski definition) is 0. The van der Waals surface area contributed by atoms with Crippen LogP contribution in [0.2, 0.25) is 0 Å². The van der Waals surface area contributed by atoms with Crippen LogP contribution < -0.4 is 0 Å². The van der Waals surface area contributed by atoms with Crippen LogP contribution >= 0.6 is 0 Å². The van der Waals surface area contributed by atoms with Crippen molar-refractivity contribution in [1.29, 1.82) is 0 Å². The molecule has 0 aromatic heterocycles. The summed E-state index contributed by atoms with van der Waals surface area (Å²) in [6, 6.07) is 0. The number of rotatable bonds is 5. The fraction of sp³-hybridized carbons (Fsp3) is 0.714. The van der Waals surface area contributed by atoms with E-state index in [1.54, 1.807) is 6.08 Å². The Morgan fingerprint density at radius 3 is 1.93 bits per heavy atom. The van der Waals surface area contributed by atoms with Gasteiger partial charge in [0.25, 0.3) is 0 Å². The first-order chi connectivity index (χ1) is 6.84. The van der Waals surface area contributed by atoms with E-state index in [0.717, 1.165) is 12.0 Å². The van der Waals surface area contributed by atoms with Crippen LogP contribution in [-0.4, -0.2) is 0 Å². The quantitative estimate of drug-likeness (QED) is 0.554. The summed E-state index contributed by atoms with van der Waals surface area (Å²) >= 11 is 0. The average Bonchev–Trinajstić information content (AvgIpc) is 2.01. The van der Waals surface area contributed by atoms with Crippen LogP contribution in [0.5, 0.6) is 0 Å². The second-order valence-corrected chi connectivity index (χ2v) is 5.20. The summed E-state index contributed by atoms with van der Waals surface area (Å²) < 4.78 is 13.8. The van der Waals surface area contributed by atoms with Gasteiger partial charge in [0.1, 0.15) is 5.83 Å². The van der Waals surface area contributed by atoms with Crippen LogP contribution in [0.1, 0.15) is 48.0 Å². The normalized spacial score (nSPS) is 14.5. The predicted octanol–water partition coefficient (Wildman–Crippen LogP) is 5.12. The minimum Gasteiger partial charge on any atom is -0.207 e. The second-order valence-electron chi connectivity index (χ2n) is 5.20. The van der Waals surface area contributed by atoms with Gasteiger partial charge in [-0.3, -0.25) is 0 Å². The Bertz CT molecular complexity index is 232. The fourth-order valence-electron chi connectivity index (χ4n) is 1.36.